The molecule has 2 N–H and O–H groups in total. The fourth-order valence-corrected chi connectivity index (χ4v) is 1.43. The van der Waals surface area contributed by atoms with Gasteiger partial charge in [0.15, 0.2) is 6.29 Å². The van der Waals surface area contributed by atoms with Gasteiger partial charge >= 0.3 is 0 Å². The summed E-state index contributed by atoms with van der Waals surface area (Å²) in [5.74, 6) is 0. The Labute approximate surface area is 98.8 Å². The number of rotatable bonds is 3. The molecule has 0 atom stereocenters. The third-order valence-electron chi connectivity index (χ3n) is 2.33. The number of hydrogen-bond donors (Lipinski definition) is 1. The summed E-state index contributed by atoms with van der Waals surface area (Å²) in [5, 5.41) is 0. The van der Waals surface area contributed by atoms with Gasteiger partial charge in [-0.05, 0) is 24.3 Å². The molecular weight excluding hydrogens is 214 g/mol. The number of hydrogen-bond acceptors (Lipinski definition) is 4. The Bertz CT molecular complexity index is 532. The maximum atomic E-state index is 10.7. The molecule has 2 rings (SSSR count). The Morgan fingerprint density at radius 1 is 1.18 bits per heavy atom. The molecular formula is C13H11N3O. The molecule has 0 radical (unpaired) electrons. The fourth-order valence-electron chi connectivity index (χ4n) is 1.43. The number of carbonyl (C=O) groups is 1. The van der Waals surface area contributed by atoms with Gasteiger partial charge in [-0.15, -0.1) is 0 Å². The highest BCUT2D eigenvalue weighted by Gasteiger charge is 2.03. The van der Waals surface area contributed by atoms with Crippen LogP contribution >= 0.6 is 0 Å². The van der Waals surface area contributed by atoms with Gasteiger partial charge in [0.05, 0.1) is 17.0 Å². The molecule has 0 spiro atoms. The highest BCUT2D eigenvalue weighted by Crippen LogP contribution is 2.17. The van der Waals surface area contributed by atoms with Crippen molar-refractivity contribution in [3.05, 3.63) is 54.6 Å². The summed E-state index contributed by atoms with van der Waals surface area (Å²) < 4.78 is 0. The summed E-state index contributed by atoms with van der Waals surface area (Å²) >= 11 is 0. The number of carbonyl (C=O) groups excluding carboxylic acids is 1. The van der Waals surface area contributed by atoms with Gasteiger partial charge in [0.25, 0.3) is 0 Å². The van der Waals surface area contributed by atoms with Crippen LogP contribution in [0.1, 0.15) is 5.69 Å². The minimum atomic E-state index is 0.373. The molecule has 4 nitrogen and oxygen atoms in total. The maximum Gasteiger partial charge on any atom is 0.153 e. The highest BCUT2D eigenvalue weighted by atomic mass is 16.1. The van der Waals surface area contributed by atoms with Crippen LogP contribution in [-0.2, 0) is 4.79 Å². The van der Waals surface area contributed by atoms with E-state index < -0.39 is 0 Å². The van der Waals surface area contributed by atoms with Gasteiger partial charge in [-0.2, -0.15) is 0 Å². The van der Waals surface area contributed by atoms with Crippen LogP contribution in [0.5, 0.6) is 0 Å². The minimum absolute atomic E-state index is 0.373. The van der Waals surface area contributed by atoms with Crippen molar-refractivity contribution in [3.8, 4) is 11.3 Å². The van der Waals surface area contributed by atoms with Crippen molar-refractivity contribution in [3.63, 3.8) is 0 Å². The van der Waals surface area contributed by atoms with Crippen molar-refractivity contribution in [2.24, 2.45) is 5.73 Å². The summed E-state index contributed by atoms with van der Waals surface area (Å²) in [6.07, 6.45) is 5.32. The lowest BCUT2D eigenvalue weighted by molar-refractivity contribution is -0.103. The van der Waals surface area contributed by atoms with E-state index >= 15 is 0 Å². The summed E-state index contributed by atoms with van der Waals surface area (Å²) in [6, 6.07) is 9.27. The van der Waals surface area contributed by atoms with E-state index in [0.29, 0.717) is 17.6 Å². The van der Waals surface area contributed by atoms with Crippen LogP contribution in [0.15, 0.2) is 48.9 Å². The molecule has 0 aliphatic carbocycles. The van der Waals surface area contributed by atoms with Gasteiger partial charge < -0.3 is 5.73 Å². The average molecular weight is 225 g/mol. The molecule has 17 heavy (non-hydrogen) atoms. The van der Waals surface area contributed by atoms with Crippen molar-refractivity contribution in [1.82, 2.24) is 9.97 Å². The van der Waals surface area contributed by atoms with Crippen LogP contribution in [0.3, 0.4) is 0 Å². The molecule has 0 saturated carbocycles. The predicted octanol–water partition coefficient (Wildman–Crippen LogP) is 1.64. The molecule has 2 aromatic rings. The quantitative estimate of drug-likeness (QED) is 0.637. The van der Waals surface area contributed by atoms with E-state index in [1.807, 2.05) is 24.3 Å². The molecule has 0 aliphatic rings. The van der Waals surface area contributed by atoms with Gasteiger partial charge in [0.2, 0.25) is 0 Å². The van der Waals surface area contributed by atoms with E-state index in [2.05, 4.69) is 9.97 Å². The number of allylic oxidation sites excluding steroid dienone is 1. The normalized spacial score (nSPS) is 11.2. The zero-order valence-corrected chi connectivity index (χ0v) is 9.08. The highest BCUT2D eigenvalue weighted by molar-refractivity contribution is 6.05. The van der Waals surface area contributed by atoms with E-state index in [1.54, 1.807) is 18.5 Å². The second-order valence-electron chi connectivity index (χ2n) is 3.39. The Morgan fingerprint density at radius 2 is 2.06 bits per heavy atom. The maximum absolute atomic E-state index is 10.7. The number of nitrogens with two attached hydrogens (primary N) is 1. The summed E-state index contributed by atoms with van der Waals surface area (Å²) in [5.41, 5.74) is 7.99. The second kappa shape index (κ2) is 5.03. The first-order chi connectivity index (χ1) is 8.35. The molecule has 0 aromatic carbocycles. The minimum Gasteiger partial charge on any atom is -0.404 e. The van der Waals surface area contributed by atoms with E-state index in [0.717, 1.165) is 11.3 Å². The Balaban J connectivity index is 2.34. The topological polar surface area (TPSA) is 68.9 Å². The standard InChI is InChI=1S/C13H11N3O/c14-7-11(9-17)13-5-4-10(8-16-13)12-3-1-2-6-15-12/h1-9H,14H2/b11-7-. The van der Waals surface area contributed by atoms with Crippen molar-refractivity contribution >= 4 is 11.9 Å². The molecule has 4 heteroatoms. The Hall–Kier alpha value is -2.49. The van der Waals surface area contributed by atoms with Crippen LogP contribution in [0.2, 0.25) is 0 Å². The molecule has 0 unspecified atom stereocenters. The van der Waals surface area contributed by atoms with Crippen molar-refractivity contribution in [1.29, 1.82) is 0 Å². The third-order valence-corrected chi connectivity index (χ3v) is 2.33. The predicted molar refractivity (Wildman–Crippen MR) is 65.7 cm³/mol. The molecule has 84 valence electrons. The van der Waals surface area contributed by atoms with Crippen LogP contribution in [0.4, 0.5) is 0 Å². The van der Waals surface area contributed by atoms with Crippen molar-refractivity contribution in [2.45, 2.75) is 0 Å². The molecule has 2 aromatic heterocycles. The lowest BCUT2D eigenvalue weighted by atomic mass is 10.1. The number of aromatic nitrogens is 2. The molecule has 0 aliphatic heterocycles. The van der Waals surface area contributed by atoms with Gasteiger partial charge in [0, 0.05) is 24.2 Å². The van der Waals surface area contributed by atoms with E-state index in [4.69, 9.17) is 5.73 Å². The second-order valence-corrected chi connectivity index (χ2v) is 3.39. The zero-order valence-electron chi connectivity index (χ0n) is 9.08. The zero-order chi connectivity index (χ0) is 12.1. The first kappa shape index (κ1) is 11.0. The Kier molecular flexibility index (Phi) is 3.25. The first-order valence-corrected chi connectivity index (χ1v) is 5.10. The van der Waals surface area contributed by atoms with E-state index in [-0.39, 0.29) is 0 Å². The molecule has 0 fully saturated rings. The molecule has 2 heterocycles. The first-order valence-electron chi connectivity index (χ1n) is 5.10. The number of aldehydes is 1. The Morgan fingerprint density at radius 3 is 2.59 bits per heavy atom. The van der Waals surface area contributed by atoms with Crippen molar-refractivity contribution in [2.75, 3.05) is 0 Å². The van der Waals surface area contributed by atoms with Crippen LogP contribution in [-0.4, -0.2) is 16.3 Å². The largest absolute Gasteiger partial charge is 0.404 e. The average Bonchev–Trinajstić information content (AvgIpc) is 2.42. The van der Waals surface area contributed by atoms with Crippen LogP contribution in [0.25, 0.3) is 16.8 Å². The summed E-state index contributed by atoms with van der Waals surface area (Å²) in [6.45, 7) is 0. The van der Waals surface area contributed by atoms with Gasteiger partial charge in [-0.25, -0.2) is 0 Å². The van der Waals surface area contributed by atoms with Crippen LogP contribution < -0.4 is 5.73 Å². The smallest absolute Gasteiger partial charge is 0.153 e. The van der Waals surface area contributed by atoms with E-state index in [1.165, 1.54) is 6.20 Å². The summed E-state index contributed by atoms with van der Waals surface area (Å²) in [7, 11) is 0. The van der Waals surface area contributed by atoms with Crippen molar-refractivity contribution < 1.29 is 4.79 Å². The molecule has 0 amide bonds. The molecule has 0 saturated heterocycles. The fraction of sp³-hybridized carbons (Fsp3) is 0. The number of nitrogens with zero attached hydrogens (tertiary/aromatic N) is 2. The SMILES string of the molecule is N/C=C(/C=O)c1ccc(-c2ccccn2)cn1. The monoisotopic (exact) mass is 225 g/mol. The van der Waals surface area contributed by atoms with Crippen LogP contribution in [0, 0.1) is 0 Å². The lowest BCUT2D eigenvalue weighted by Gasteiger charge is -2.02. The summed E-state index contributed by atoms with van der Waals surface area (Å²) in [4.78, 5) is 19.1. The number of pyridine rings is 2. The molecule has 0 bridgehead atoms. The van der Waals surface area contributed by atoms with E-state index in [9.17, 15) is 4.79 Å². The lowest BCUT2D eigenvalue weighted by Crippen LogP contribution is -1.94. The van der Waals surface area contributed by atoms with Gasteiger partial charge in [0.1, 0.15) is 0 Å². The third kappa shape index (κ3) is 2.36. The van der Waals surface area contributed by atoms with Gasteiger partial charge in [-0.3, -0.25) is 14.8 Å². The van der Waals surface area contributed by atoms with Gasteiger partial charge in [-0.1, -0.05) is 6.07 Å².